The first-order chi connectivity index (χ1) is 14.8. The number of carbonyl (C=O) groups is 1. The van der Waals surface area contributed by atoms with Crippen LogP contribution in [0.1, 0.15) is 20.3 Å². The monoisotopic (exact) mass is 475 g/mol. The summed E-state index contributed by atoms with van der Waals surface area (Å²) in [6.07, 6.45) is 1.14. The van der Waals surface area contributed by atoms with E-state index in [1.54, 1.807) is 42.5 Å². The zero-order chi connectivity index (χ0) is 22.1. The lowest BCUT2D eigenvalue weighted by Crippen LogP contribution is -2.43. The molecule has 0 unspecified atom stereocenters. The molecular weight excluding hydrogens is 453 g/mol. The number of likely N-dealkylation sites (tertiary alicyclic amines) is 1. The van der Waals surface area contributed by atoms with Crippen LogP contribution in [-0.2, 0) is 4.79 Å². The fraction of sp³-hybridized carbons (Fsp3) is 0.348. The van der Waals surface area contributed by atoms with Crippen molar-refractivity contribution in [1.82, 2.24) is 14.5 Å². The van der Waals surface area contributed by atoms with Crippen LogP contribution in [0.15, 0.2) is 52.4 Å². The minimum atomic E-state index is -0.209. The number of fused-ring (bicyclic) bond motifs is 1. The highest BCUT2D eigenvalue weighted by molar-refractivity contribution is 7.99. The molecular formula is C23H23Cl2N3O2S. The number of halogens is 2. The van der Waals surface area contributed by atoms with E-state index in [1.165, 1.54) is 16.3 Å². The number of nitrogens with zero attached hydrogens (tertiary/aromatic N) is 3. The Morgan fingerprint density at radius 3 is 2.39 bits per heavy atom. The van der Waals surface area contributed by atoms with Gasteiger partial charge >= 0.3 is 0 Å². The van der Waals surface area contributed by atoms with Crippen molar-refractivity contribution >= 4 is 51.8 Å². The van der Waals surface area contributed by atoms with Crippen molar-refractivity contribution < 1.29 is 4.79 Å². The quantitative estimate of drug-likeness (QED) is 0.379. The summed E-state index contributed by atoms with van der Waals surface area (Å²) >= 11 is 13.4. The van der Waals surface area contributed by atoms with Gasteiger partial charge in [-0.1, -0.05) is 48.8 Å². The lowest BCUT2D eigenvalue weighted by atomic mass is 9.92. The molecule has 1 aliphatic rings. The second-order valence-electron chi connectivity index (χ2n) is 8.21. The van der Waals surface area contributed by atoms with E-state index >= 15 is 0 Å². The van der Waals surface area contributed by atoms with Crippen molar-refractivity contribution in [2.45, 2.75) is 25.4 Å². The molecule has 31 heavy (non-hydrogen) atoms. The van der Waals surface area contributed by atoms with Crippen LogP contribution in [-0.4, -0.2) is 39.2 Å². The van der Waals surface area contributed by atoms with Crippen LogP contribution < -0.4 is 5.56 Å². The number of aromatic nitrogens is 2. The standard InChI is InChI=1S/C23H23Cl2N3O2S/c1-14-9-15(2)12-27(11-14)21(29)13-31-23-26-20-10-17(25)5-8-19(20)22(30)28(23)18-6-3-16(24)4-7-18/h3-8,10,14-15H,9,11-13H2,1-2H3/t14-,15-/m0/s1. The molecule has 1 aliphatic heterocycles. The van der Waals surface area contributed by atoms with Crippen molar-refractivity contribution in [3.05, 3.63) is 62.9 Å². The van der Waals surface area contributed by atoms with Crippen LogP contribution in [0.2, 0.25) is 10.0 Å². The molecule has 2 atom stereocenters. The zero-order valence-electron chi connectivity index (χ0n) is 17.3. The summed E-state index contributed by atoms with van der Waals surface area (Å²) in [5.74, 6) is 1.26. The largest absolute Gasteiger partial charge is 0.341 e. The van der Waals surface area contributed by atoms with Crippen LogP contribution in [0, 0.1) is 11.8 Å². The van der Waals surface area contributed by atoms with E-state index in [4.69, 9.17) is 23.2 Å². The number of thioether (sulfide) groups is 1. The Kier molecular flexibility index (Phi) is 6.60. The maximum atomic E-state index is 13.3. The Balaban J connectivity index is 1.70. The third kappa shape index (κ3) is 4.92. The first-order valence-corrected chi connectivity index (χ1v) is 11.9. The van der Waals surface area contributed by atoms with E-state index in [0.717, 1.165) is 19.5 Å². The van der Waals surface area contributed by atoms with Crippen molar-refractivity contribution in [3.63, 3.8) is 0 Å². The lowest BCUT2D eigenvalue weighted by Gasteiger charge is -2.35. The van der Waals surface area contributed by atoms with Crippen molar-refractivity contribution in [1.29, 1.82) is 0 Å². The number of piperidine rings is 1. The highest BCUT2D eigenvalue weighted by Gasteiger charge is 2.26. The molecule has 0 saturated carbocycles. The van der Waals surface area contributed by atoms with Gasteiger partial charge in [-0.15, -0.1) is 0 Å². The molecule has 0 aliphatic carbocycles. The topological polar surface area (TPSA) is 55.2 Å². The molecule has 1 amide bonds. The fourth-order valence-corrected chi connectivity index (χ4v) is 5.35. The molecule has 0 bridgehead atoms. The Bertz CT molecular complexity index is 1170. The van der Waals surface area contributed by atoms with Crippen LogP contribution in [0.5, 0.6) is 0 Å². The van der Waals surface area contributed by atoms with Gasteiger partial charge in [-0.2, -0.15) is 0 Å². The van der Waals surface area contributed by atoms with E-state index in [9.17, 15) is 9.59 Å². The third-order valence-corrected chi connectivity index (χ3v) is 6.84. The molecule has 3 aromatic rings. The summed E-state index contributed by atoms with van der Waals surface area (Å²) in [6, 6.07) is 12.0. The van der Waals surface area contributed by atoms with E-state index in [-0.39, 0.29) is 17.2 Å². The minimum absolute atomic E-state index is 0.0616. The molecule has 2 aromatic carbocycles. The van der Waals surface area contributed by atoms with Gasteiger partial charge in [0.1, 0.15) is 0 Å². The highest BCUT2D eigenvalue weighted by Crippen LogP contribution is 2.26. The van der Waals surface area contributed by atoms with Crippen molar-refractivity contribution in [2.75, 3.05) is 18.8 Å². The van der Waals surface area contributed by atoms with Gasteiger partial charge in [0, 0.05) is 23.1 Å². The summed E-state index contributed by atoms with van der Waals surface area (Å²) in [5, 5.41) is 2.00. The summed E-state index contributed by atoms with van der Waals surface area (Å²) in [7, 11) is 0. The van der Waals surface area contributed by atoms with E-state index in [2.05, 4.69) is 18.8 Å². The first-order valence-electron chi connectivity index (χ1n) is 10.2. The summed E-state index contributed by atoms with van der Waals surface area (Å²) in [5.41, 5.74) is 0.950. The smallest absolute Gasteiger partial charge is 0.266 e. The van der Waals surface area contributed by atoms with Gasteiger partial charge < -0.3 is 4.90 Å². The number of rotatable bonds is 4. The van der Waals surface area contributed by atoms with E-state index < -0.39 is 0 Å². The van der Waals surface area contributed by atoms with Crippen molar-refractivity contribution in [2.24, 2.45) is 11.8 Å². The Morgan fingerprint density at radius 2 is 1.71 bits per heavy atom. The van der Waals surface area contributed by atoms with Gasteiger partial charge in [0.25, 0.3) is 5.56 Å². The van der Waals surface area contributed by atoms with Crippen molar-refractivity contribution in [3.8, 4) is 5.69 Å². The van der Waals surface area contributed by atoms with Crippen LogP contribution >= 0.6 is 35.0 Å². The number of carbonyl (C=O) groups excluding carboxylic acids is 1. The Morgan fingerprint density at radius 1 is 1.06 bits per heavy atom. The normalized spacial score (nSPS) is 19.0. The molecule has 4 rings (SSSR count). The molecule has 1 saturated heterocycles. The molecule has 162 valence electrons. The van der Waals surface area contributed by atoms with Crippen LogP contribution in [0.25, 0.3) is 16.6 Å². The van der Waals surface area contributed by atoms with Crippen LogP contribution in [0.3, 0.4) is 0 Å². The molecule has 0 radical (unpaired) electrons. The molecule has 0 N–H and O–H groups in total. The molecule has 0 spiro atoms. The summed E-state index contributed by atoms with van der Waals surface area (Å²) in [6.45, 7) is 5.90. The average molecular weight is 476 g/mol. The molecule has 8 heteroatoms. The summed E-state index contributed by atoms with van der Waals surface area (Å²) in [4.78, 5) is 32.8. The molecule has 1 fully saturated rings. The molecule has 2 heterocycles. The number of hydrogen-bond donors (Lipinski definition) is 0. The number of benzene rings is 2. The Hall–Kier alpha value is -2.02. The Labute approximate surface area is 195 Å². The number of hydrogen-bond acceptors (Lipinski definition) is 4. The van der Waals surface area contributed by atoms with Gasteiger partial charge in [0.15, 0.2) is 5.16 Å². The highest BCUT2D eigenvalue weighted by atomic mass is 35.5. The minimum Gasteiger partial charge on any atom is -0.341 e. The predicted octanol–water partition coefficient (Wildman–Crippen LogP) is 5.29. The third-order valence-electron chi connectivity index (χ3n) is 5.43. The SMILES string of the molecule is C[C@H]1C[C@H](C)CN(C(=O)CSc2nc3cc(Cl)ccc3c(=O)n2-c2ccc(Cl)cc2)C1. The average Bonchev–Trinajstić information content (AvgIpc) is 2.72. The van der Waals surface area contributed by atoms with Gasteiger partial charge in [-0.3, -0.25) is 14.2 Å². The predicted molar refractivity (Wildman–Crippen MR) is 128 cm³/mol. The first kappa shape index (κ1) is 22.2. The van der Waals surface area contributed by atoms with Crippen LogP contribution in [0.4, 0.5) is 0 Å². The number of amides is 1. The van der Waals surface area contributed by atoms with Gasteiger partial charge in [-0.25, -0.2) is 4.98 Å². The maximum Gasteiger partial charge on any atom is 0.266 e. The van der Waals surface area contributed by atoms with E-state index in [0.29, 0.717) is 43.6 Å². The molecule has 1 aromatic heterocycles. The fourth-order valence-electron chi connectivity index (χ4n) is 4.14. The summed E-state index contributed by atoms with van der Waals surface area (Å²) < 4.78 is 1.53. The zero-order valence-corrected chi connectivity index (χ0v) is 19.7. The molecule has 5 nitrogen and oxygen atoms in total. The maximum absolute atomic E-state index is 13.3. The second-order valence-corrected chi connectivity index (χ2v) is 10.0. The van der Waals surface area contributed by atoms with Gasteiger partial charge in [-0.05, 0) is 60.7 Å². The second kappa shape index (κ2) is 9.23. The lowest BCUT2D eigenvalue weighted by molar-refractivity contribution is -0.130. The van der Waals surface area contributed by atoms with E-state index in [1.807, 2.05) is 4.90 Å². The van der Waals surface area contributed by atoms with Gasteiger partial charge in [0.2, 0.25) is 5.91 Å². The van der Waals surface area contributed by atoms with Gasteiger partial charge in [0.05, 0.1) is 22.3 Å².